The van der Waals surface area contributed by atoms with Crippen LogP contribution in [0.2, 0.25) is 6.04 Å². The van der Waals surface area contributed by atoms with Crippen molar-refractivity contribution in [1.82, 2.24) is 0 Å². The van der Waals surface area contributed by atoms with Crippen molar-refractivity contribution in [2.75, 3.05) is 19.8 Å². The van der Waals surface area contributed by atoms with Gasteiger partial charge in [0.05, 0.1) is 0 Å². The Labute approximate surface area is 208 Å². The van der Waals surface area contributed by atoms with Crippen LogP contribution in [0, 0.1) is 0 Å². The summed E-state index contributed by atoms with van der Waals surface area (Å²) in [6.07, 6.45) is 23.0. The van der Waals surface area contributed by atoms with E-state index in [0.717, 1.165) is 45.1 Å². The zero-order chi connectivity index (χ0) is 23.8. The van der Waals surface area contributed by atoms with Gasteiger partial charge in [0.2, 0.25) is 0 Å². The molecule has 0 heterocycles. The standard InChI is InChI=1S/C27H58O3SSi/c1-5-8-11-14-17-20-23-28-32(26-27(4)31,29-24-21-18-15-12-9-6-2)30-25-22-19-16-13-10-7-3/h27,31H,5-26H2,1-4H3. The van der Waals surface area contributed by atoms with Crippen LogP contribution in [0.25, 0.3) is 0 Å². The summed E-state index contributed by atoms with van der Waals surface area (Å²) in [6.45, 7) is 11.3. The first-order valence-electron chi connectivity index (χ1n) is 14.2. The fourth-order valence-electron chi connectivity index (χ4n) is 3.99. The summed E-state index contributed by atoms with van der Waals surface area (Å²) in [6, 6.07) is 0.817. The summed E-state index contributed by atoms with van der Waals surface area (Å²) in [7, 11) is -2.66. The third kappa shape index (κ3) is 21.0. The second kappa shape index (κ2) is 24.6. The van der Waals surface area contributed by atoms with E-state index in [9.17, 15) is 0 Å². The van der Waals surface area contributed by atoms with Gasteiger partial charge in [-0.05, 0) is 19.3 Å². The van der Waals surface area contributed by atoms with Crippen molar-refractivity contribution in [1.29, 1.82) is 0 Å². The first-order chi connectivity index (χ1) is 15.6. The van der Waals surface area contributed by atoms with Gasteiger partial charge in [-0.3, -0.25) is 0 Å². The molecule has 0 spiro atoms. The molecule has 32 heavy (non-hydrogen) atoms. The predicted molar refractivity (Wildman–Crippen MR) is 147 cm³/mol. The second-order valence-electron chi connectivity index (χ2n) is 9.58. The molecule has 5 heteroatoms. The van der Waals surface area contributed by atoms with Gasteiger partial charge in [-0.15, -0.1) is 0 Å². The van der Waals surface area contributed by atoms with Crippen LogP contribution in [0.1, 0.15) is 143 Å². The first kappa shape index (κ1) is 32.4. The van der Waals surface area contributed by atoms with Crippen LogP contribution >= 0.6 is 12.6 Å². The number of thiol groups is 1. The highest BCUT2D eigenvalue weighted by Crippen LogP contribution is 2.23. The highest BCUT2D eigenvalue weighted by atomic mass is 32.1. The summed E-state index contributed by atoms with van der Waals surface area (Å²) >= 11 is 4.69. The topological polar surface area (TPSA) is 27.7 Å². The van der Waals surface area contributed by atoms with Crippen LogP contribution in [-0.4, -0.2) is 33.9 Å². The molecule has 1 unspecified atom stereocenters. The van der Waals surface area contributed by atoms with E-state index in [2.05, 4.69) is 27.7 Å². The SMILES string of the molecule is CCCCCCCCO[Si](CC(C)S)(OCCCCCCCC)OCCCCCCCC. The van der Waals surface area contributed by atoms with Crippen molar-refractivity contribution in [2.45, 2.75) is 155 Å². The molecular formula is C27H58O3SSi. The minimum absolute atomic E-state index is 0.236. The van der Waals surface area contributed by atoms with Crippen LogP contribution < -0.4 is 0 Å². The molecule has 0 aromatic rings. The third-order valence-electron chi connectivity index (χ3n) is 6.01. The van der Waals surface area contributed by atoms with E-state index in [0.29, 0.717) is 0 Å². The first-order valence-corrected chi connectivity index (χ1v) is 16.6. The van der Waals surface area contributed by atoms with Crippen LogP contribution in [-0.2, 0) is 13.3 Å². The number of hydrogen-bond acceptors (Lipinski definition) is 4. The normalized spacial score (nSPS) is 13.0. The van der Waals surface area contributed by atoms with Crippen molar-refractivity contribution in [3.8, 4) is 0 Å². The Bertz CT molecular complexity index is 323. The van der Waals surface area contributed by atoms with Gasteiger partial charge in [-0.25, -0.2) is 0 Å². The van der Waals surface area contributed by atoms with Crippen LogP contribution in [0.3, 0.4) is 0 Å². The number of rotatable bonds is 26. The lowest BCUT2D eigenvalue weighted by molar-refractivity contribution is 0.0554. The summed E-state index contributed by atoms with van der Waals surface area (Å²) in [5.41, 5.74) is 0. The van der Waals surface area contributed by atoms with E-state index in [4.69, 9.17) is 25.9 Å². The molecule has 194 valence electrons. The molecule has 0 fully saturated rings. The van der Waals surface area contributed by atoms with Gasteiger partial charge in [-0.2, -0.15) is 12.6 Å². The largest absolute Gasteiger partial charge is 0.502 e. The van der Waals surface area contributed by atoms with E-state index in [1.165, 1.54) is 96.3 Å². The zero-order valence-electron chi connectivity index (χ0n) is 22.3. The molecular weight excluding hydrogens is 432 g/mol. The minimum atomic E-state index is -2.66. The summed E-state index contributed by atoms with van der Waals surface area (Å²) in [5, 5.41) is 0.236. The van der Waals surface area contributed by atoms with Crippen molar-refractivity contribution in [3.63, 3.8) is 0 Å². The summed E-state index contributed by atoms with van der Waals surface area (Å²) < 4.78 is 19.4. The molecule has 1 atom stereocenters. The Balaban J connectivity index is 4.55. The molecule has 0 radical (unpaired) electrons. The second-order valence-corrected chi connectivity index (χ2v) is 13.1. The molecule has 3 nitrogen and oxygen atoms in total. The number of unbranched alkanes of at least 4 members (excludes halogenated alkanes) is 15. The smallest absolute Gasteiger partial charge is 0.373 e. The molecule has 0 aliphatic carbocycles. The minimum Gasteiger partial charge on any atom is -0.373 e. The lowest BCUT2D eigenvalue weighted by Crippen LogP contribution is -2.48. The molecule has 0 rings (SSSR count). The number of hydrogen-bond donors (Lipinski definition) is 1. The average Bonchev–Trinajstić information content (AvgIpc) is 2.77. The van der Waals surface area contributed by atoms with Crippen LogP contribution in [0.4, 0.5) is 0 Å². The summed E-state index contributed by atoms with van der Waals surface area (Å²) in [5.74, 6) is 0. The van der Waals surface area contributed by atoms with Gasteiger partial charge >= 0.3 is 8.80 Å². The highest BCUT2D eigenvalue weighted by Gasteiger charge is 2.42. The quantitative estimate of drug-likeness (QED) is 0.0743. The molecule has 0 aliphatic rings. The van der Waals surface area contributed by atoms with Gasteiger partial charge in [0, 0.05) is 31.1 Å². The van der Waals surface area contributed by atoms with Crippen LogP contribution in [0.15, 0.2) is 0 Å². The Morgan fingerprint density at radius 2 is 0.781 bits per heavy atom. The third-order valence-corrected chi connectivity index (χ3v) is 9.58. The van der Waals surface area contributed by atoms with E-state index < -0.39 is 8.80 Å². The van der Waals surface area contributed by atoms with Crippen LogP contribution in [0.5, 0.6) is 0 Å². The average molecular weight is 491 g/mol. The maximum absolute atomic E-state index is 6.48. The van der Waals surface area contributed by atoms with E-state index >= 15 is 0 Å². The van der Waals surface area contributed by atoms with Crippen molar-refractivity contribution < 1.29 is 13.3 Å². The van der Waals surface area contributed by atoms with E-state index in [-0.39, 0.29) is 5.25 Å². The molecule has 0 saturated heterocycles. The molecule has 0 N–H and O–H groups in total. The Morgan fingerprint density at radius 3 is 1.06 bits per heavy atom. The lowest BCUT2D eigenvalue weighted by atomic mass is 10.1. The zero-order valence-corrected chi connectivity index (χ0v) is 24.2. The van der Waals surface area contributed by atoms with Crippen molar-refractivity contribution in [2.24, 2.45) is 0 Å². The van der Waals surface area contributed by atoms with E-state index in [1.807, 2.05) is 0 Å². The highest BCUT2D eigenvalue weighted by molar-refractivity contribution is 7.81. The molecule has 0 aromatic heterocycles. The van der Waals surface area contributed by atoms with Crippen molar-refractivity contribution >= 4 is 21.4 Å². The fourth-order valence-corrected chi connectivity index (χ4v) is 7.36. The Kier molecular flexibility index (Phi) is 24.9. The van der Waals surface area contributed by atoms with Gasteiger partial charge < -0.3 is 13.3 Å². The van der Waals surface area contributed by atoms with E-state index in [1.54, 1.807) is 0 Å². The van der Waals surface area contributed by atoms with Crippen molar-refractivity contribution in [3.05, 3.63) is 0 Å². The molecule has 0 saturated carbocycles. The van der Waals surface area contributed by atoms with Gasteiger partial charge in [0.15, 0.2) is 0 Å². The lowest BCUT2D eigenvalue weighted by Gasteiger charge is -2.31. The molecule has 0 amide bonds. The predicted octanol–water partition coefficient (Wildman–Crippen LogP) is 9.37. The molecule has 0 bridgehead atoms. The fraction of sp³-hybridized carbons (Fsp3) is 1.00. The Morgan fingerprint density at radius 1 is 0.500 bits per heavy atom. The monoisotopic (exact) mass is 490 g/mol. The Hall–Kier alpha value is 0.447. The molecule has 0 aromatic carbocycles. The van der Waals surface area contributed by atoms with Gasteiger partial charge in [0.1, 0.15) is 0 Å². The van der Waals surface area contributed by atoms with Gasteiger partial charge in [0.25, 0.3) is 0 Å². The van der Waals surface area contributed by atoms with Gasteiger partial charge in [-0.1, -0.05) is 124 Å². The maximum Gasteiger partial charge on any atom is 0.502 e. The maximum atomic E-state index is 6.48. The summed E-state index contributed by atoms with van der Waals surface area (Å²) in [4.78, 5) is 0. The molecule has 0 aliphatic heterocycles.